The van der Waals surface area contributed by atoms with Crippen molar-refractivity contribution in [1.29, 1.82) is 0 Å². The van der Waals surface area contributed by atoms with Crippen molar-refractivity contribution in [3.05, 3.63) is 46.4 Å². The standard InChI is InChI=1S/C15H16N2O5/c1-20-11-7-10(8-12(21-2)14(11)22-3)17-15(19)9-4-5-16-13(18)6-9/h4-8H,1-3H3,(H,16,18)(H,17,19). The van der Waals surface area contributed by atoms with Crippen molar-refractivity contribution < 1.29 is 19.0 Å². The van der Waals surface area contributed by atoms with Crippen LogP contribution in [0.3, 0.4) is 0 Å². The molecule has 0 saturated heterocycles. The fraction of sp³-hybridized carbons (Fsp3) is 0.200. The van der Waals surface area contributed by atoms with Gasteiger partial charge in [-0.1, -0.05) is 0 Å². The van der Waals surface area contributed by atoms with Gasteiger partial charge >= 0.3 is 0 Å². The molecule has 0 unspecified atom stereocenters. The fourth-order valence-corrected chi connectivity index (χ4v) is 1.94. The predicted molar refractivity (Wildman–Crippen MR) is 81.1 cm³/mol. The number of anilines is 1. The van der Waals surface area contributed by atoms with Crippen LogP contribution in [0.25, 0.3) is 0 Å². The number of amides is 1. The Morgan fingerprint density at radius 2 is 1.68 bits per heavy atom. The summed E-state index contributed by atoms with van der Waals surface area (Å²) in [5.74, 6) is 0.852. The molecule has 0 bridgehead atoms. The first-order chi connectivity index (χ1) is 10.6. The molecule has 1 heterocycles. The number of H-pyrrole nitrogens is 1. The van der Waals surface area contributed by atoms with Gasteiger partial charge in [-0.2, -0.15) is 0 Å². The molecule has 1 aromatic carbocycles. The highest BCUT2D eigenvalue weighted by Gasteiger charge is 2.15. The third-order valence-corrected chi connectivity index (χ3v) is 2.96. The van der Waals surface area contributed by atoms with E-state index < -0.39 is 5.91 Å². The molecular weight excluding hydrogens is 288 g/mol. The van der Waals surface area contributed by atoms with Crippen molar-refractivity contribution in [3.8, 4) is 17.2 Å². The van der Waals surface area contributed by atoms with Crippen molar-refractivity contribution in [2.75, 3.05) is 26.6 Å². The molecule has 7 nitrogen and oxygen atoms in total. The second kappa shape index (κ2) is 6.66. The molecule has 0 radical (unpaired) electrons. The van der Waals surface area contributed by atoms with E-state index in [4.69, 9.17) is 14.2 Å². The van der Waals surface area contributed by atoms with Gasteiger partial charge in [0.15, 0.2) is 11.5 Å². The van der Waals surface area contributed by atoms with E-state index in [1.165, 1.54) is 39.7 Å². The molecule has 2 aromatic rings. The zero-order valence-corrected chi connectivity index (χ0v) is 12.4. The quantitative estimate of drug-likeness (QED) is 0.876. The van der Waals surface area contributed by atoms with Gasteiger partial charge in [0.05, 0.1) is 21.3 Å². The molecular formula is C15H16N2O5. The summed E-state index contributed by atoms with van der Waals surface area (Å²) in [5.41, 5.74) is 0.356. The van der Waals surface area contributed by atoms with Gasteiger partial charge in [0, 0.05) is 35.6 Å². The molecule has 116 valence electrons. The summed E-state index contributed by atoms with van der Waals surface area (Å²) in [7, 11) is 4.47. The Labute approximate surface area is 126 Å². The van der Waals surface area contributed by atoms with Crippen molar-refractivity contribution in [1.82, 2.24) is 4.98 Å². The number of hydrogen-bond donors (Lipinski definition) is 2. The van der Waals surface area contributed by atoms with Crippen LogP contribution in [0, 0.1) is 0 Å². The number of aromatic amines is 1. The third kappa shape index (κ3) is 3.20. The molecule has 0 aliphatic rings. The van der Waals surface area contributed by atoms with Crippen LogP contribution in [-0.2, 0) is 0 Å². The van der Waals surface area contributed by atoms with E-state index in [9.17, 15) is 9.59 Å². The summed E-state index contributed by atoms with van der Waals surface area (Å²) in [6.45, 7) is 0. The van der Waals surface area contributed by atoms with Crippen LogP contribution in [0.2, 0.25) is 0 Å². The zero-order valence-electron chi connectivity index (χ0n) is 12.4. The number of ether oxygens (including phenoxy) is 3. The van der Waals surface area contributed by atoms with Gasteiger partial charge in [-0.25, -0.2) is 0 Å². The fourth-order valence-electron chi connectivity index (χ4n) is 1.94. The van der Waals surface area contributed by atoms with Crippen LogP contribution in [-0.4, -0.2) is 32.2 Å². The first kappa shape index (κ1) is 15.4. The van der Waals surface area contributed by atoms with Gasteiger partial charge < -0.3 is 24.5 Å². The normalized spacial score (nSPS) is 9.95. The third-order valence-electron chi connectivity index (χ3n) is 2.96. The minimum absolute atomic E-state index is 0.248. The number of hydrogen-bond acceptors (Lipinski definition) is 5. The lowest BCUT2D eigenvalue weighted by Gasteiger charge is -2.14. The highest BCUT2D eigenvalue weighted by molar-refractivity contribution is 6.04. The van der Waals surface area contributed by atoms with Crippen molar-refractivity contribution in [2.45, 2.75) is 0 Å². The largest absolute Gasteiger partial charge is 0.493 e. The van der Waals surface area contributed by atoms with Gasteiger partial charge in [0.2, 0.25) is 11.3 Å². The van der Waals surface area contributed by atoms with Crippen LogP contribution in [0.4, 0.5) is 5.69 Å². The van der Waals surface area contributed by atoms with Crippen LogP contribution in [0.15, 0.2) is 35.3 Å². The number of aromatic nitrogens is 1. The van der Waals surface area contributed by atoms with Crippen LogP contribution in [0.5, 0.6) is 17.2 Å². The molecule has 1 amide bonds. The average molecular weight is 304 g/mol. The van der Waals surface area contributed by atoms with Gasteiger partial charge in [-0.15, -0.1) is 0 Å². The Morgan fingerprint density at radius 1 is 1.05 bits per heavy atom. The number of nitrogens with one attached hydrogen (secondary N) is 2. The highest BCUT2D eigenvalue weighted by atomic mass is 16.5. The van der Waals surface area contributed by atoms with Crippen LogP contribution >= 0.6 is 0 Å². The maximum Gasteiger partial charge on any atom is 0.255 e. The molecule has 0 fully saturated rings. The SMILES string of the molecule is COc1cc(NC(=O)c2cc[nH]c(=O)c2)cc(OC)c1OC. The molecule has 2 rings (SSSR count). The predicted octanol–water partition coefficient (Wildman–Crippen LogP) is 1.65. The summed E-state index contributed by atoms with van der Waals surface area (Å²) in [6.07, 6.45) is 1.41. The van der Waals surface area contributed by atoms with E-state index in [2.05, 4.69) is 10.3 Å². The van der Waals surface area contributed by atoms with Crippen molar-refractivity contribution in [3.63, 3.8) is 0 Å². The lowest BCUT2D eigenvalue weighted by atomic mass is 10.2. The maximum absolute atomic E-state index is 12.1. The minimum atomic E-state index is -0.416. The molecule has 2 N–H and O–H groups in total. The Bertz CT molecular complexity index is 714. The lowest BCUT2D eigenvalue weighted by molar-refractivity contribution is 0.102. The Kier molecular flexibility index (Phi) is 4.67. The summed E-state index contributed by atoms with van der Waals surface area (Å²) in [5, 5.41) is 2.68. The first-order valence-electron chi connectivity index (χ1n) is 6.39. The number of carbonyl (C=O) groups excluding carboxylic acids is 1. The van der Waals surface area contributed by atoms with Crippen LogP contribution in [0.1, 0.15) is 10.4 Å². The zero-order chi connectivity index (χ0) is 16.1. The minimum Gasteiger partial charge on any atom is -0.493 e. The monoisotopic (exact) mass is 304 g/mol. The van der Waals surface area contributed by atoms with E-state index in [0.29, 0.717) is 22.9 Å². The number of rotatable bonds is 5. The summed E-state index contributed by atoms with van der Waals surface area (Å²) >= 11 is 0. The molecule has 0 atom stereocenters. The van der Waals surface area contributed by atoms with Gasteiger partial charge in [-0.3, -0.25) is 9.59 Å². The van der Waals surface area contributed by atoms with E-state index >= 15 is 0 Å². The van der Waals surface area contributed by atoms with Crippen LogP contribution < -0.4 is 25.1 Å². The molecule has 1 aromatic heterocycles. The molecule has 0 spiro atoms. The van der Waals surface area contributed by atoms with E-state index in [1.807, 2.05) is 0 Å². The summed E-state index contributed by atoms with van der Waals surface area (Å²) < 4.78 is 15.6. The molecule has 7 heteroatoms. The average Bonchev–Trinajstić information content (AvgIpc) is 2.53. The number of benzene rings is 1. The van der Waals surface area contributed by atoms with E-state index in [1.54, 1.807) is 12.1 Å². The first-order valence-corrected chi connectivity index (χ1v) is 6.39. The summed E-state index contributed by atoms with van der Waals surface area (Å²) in [6, 6.07) is 5.93. The number of methoxy groups -OCH3 is 3. The van der Waals surface area contributed by atoms with Gasteiger partial charge in [-0.05, 0) is 6.07 Å². The molecule has 22 heavy (non-hydrogen) atoms. The Balaban J connectivity index is 2.33. The van der Waals surface area contributed by atoms with Crippen molar-refractivity contribution in [2.24, 2.45) is 0 Å². The Morgan fingerprint density at radius 3 is 2.18 bits per heavy atom. The second-order valence-corrected chi connectivity index (χ2v) is 4.31. The second-order valence-electron chi connectivity index (χ2n) is 4.31. The topological polar surface area (TPSA) is 89.7 Å². The number of carbonyl (C=O) groups is 1. The number of pyridine rings is 1. The van der Waals surface area contributed by atoms with Crippen molar-refractivity contribution >= 4 is 11.6 Å². The smallest absolute Gasteiger partial charge is 0.255 e. The molecule has 0 aliphatic heterocycles. The van der Waals surface area contributed by atoms with E-state index in [0.717, 1.165) is 0 Å². The maximum atomic E-state index is 12.1. The summed E-state index contributed by atoms with van der Waals surface area (Å²) in [4.78, 5) is 25.8. The van der Waals surface area contributed by atoms with E-state index in [-0.39, 0.29) is 11.1 Å². The molecule has 0 aliphatic carbocycles. The highest BCUT2D eigenvalue weighted by Crippen LogP contribution is 2.39. The lowest BCUT2D eigenvalue weighted by Crippen LogP contribution is -2.15. The van der Waals surface area contributed by atoms with Gasteiger partial charge in [0.1, 0.15) is 0 Å². The molecule has 0 saturated carbocycles. The Hall–Kier alpha value is -2.96. The van der Waals surface area contributed by atoms with Gasteiger partial charge in [0.25, 0.3) is 5.91 Å².